The largest absolute Gasteiger partial charge is 0.269 e. The van der Waals surface area contributed by atoms with Gasteiger partial charge in [0, 0.05) is 12.2 Å². The molecule has 56 valence electrons. The van der Waals surface area contributed by atoms with Crippen molar-refractivity contribution in [3.8, 4) is 0 Å². The SMILES string of the molecule is CCC(C)n1ccc(I)n1. The van der Waals surface area contributed by atoms with Crippen molar-refractivity contribution < 1.29 is 0 Å². The van der Waals surface area contributed by atoms with Crippen molar-refractivity contribution in [1.82, 2.24) is 9.78 Å². The average molecular weight is 250 g/mol. The lowest BCUT2D eigenvalue weighted by Gasteiger charge is -2.07. The van der Waals surface area contributed by atoms with Gasteiger partial charge < -0.3 is 0 Å². The fraction of sp³-hybridized carbons (Fsp3) is 0.571. The minimum absolute atomic E-state index is 0.531. The third-order valence-electron chi connectivity index (χ3n) is 1.62. The fourth-order valence-electron chi connectivity index (χ4n) is 0.747. The highest BCUT2D eigenvalue weighted by atomic mass is 127. The van der Waals surface area contributed by atoms with Gasteiger partial charge in [-0.15, -0.1) is 0 Å². The zero-order valence-electron chi connectivity index (χ0n) is 6.21. The molecule has 0 aliphatic heterocycles. The lowest BCUT2D eigenvalue weighted by atomic mass is 10.3. The molecule has 1 aromatic heterocycles. The van der Waals surface area contributed by atoms with Crippen LogP contribution in [0.1, 0.15) is 26.3 Å². The standard InChI is InChI=1S/C7H11IN2/c1-3-6(2)10-5-4-7(8)9-10/h4-6H,3H2,1-2H3. The molecule has 0 saturated heterocycles. The highest BCUT2D eigenvalue weighted by molar-refractivity contribution is 14.1. The third-order valence-corrected chi connectivity index (χ3v) is 2.19. The van der Waals surface area contributed by atoms with Crippen LogP contribution in [0.25, 0.3) is 0 Å². The van der Waals surface area contributed by atoms with Gasteiger partial charge in [-0.2, -0.15) is 5.10 Å². The normalized spacial score (nSPS) is 13.5. The zero-order chi connectivity index (χ0) is 7.56. The van der Waals surface area contributed by atoms with Crippen LogP contribution in [0.3, 0.4) is 0 Å². The number of halogens is 1. The molecule has 0 aromatic carbocycles. The Balaban J connectivity index is 2.74. The molecule has 0 N–H and O–H groups in total. The number of hydrogen-bond acceptors (Lipinski definition) is 1. The Kier molecular flexibility index (Phi) is 2.71. The van der Waals surface area contributed by atoms with Gasteiger partial charge >= 0.3 is 0 Å². The maximum absolute atomic E-state index is 4.28. The van der Waals surface area contributed by atoms with Gasteiger partial charge in [-0.3, -0.25) is 4.68 Å². The maximum Gasteiger partial charge on any atom is 0.123 e. The molecule has 1 unspecified atom stereocenters. The van der Waals surface area contributed by atoms with Crippen molar-refractivity contribution in [3.05, 3.63) is 16.0 Å². The van der Waals surface area contributed by atoms with E-state index in [1.807, 2.05) is 16.9 Å². The van der Waals surface area contributed by atoms with Crippen LogP contribution in [0.4, 0.5) is 0 Å². The van der Waals surface area contributed by atoms with Crippen molar-refractivity contribution in [2.45, 2.75) is 26.3 Å². The molecule has 3 heteroatoms. The first-order chi connectivity index (χ1) is 4.74. The molecule has 0 radical (unpaired) electrons. The average Bonchev–Trinajstić information content (AvgIpc) is 2.34. The molecular weight excluding hydrogens is 239 g/mol. The van der Waals surface area contributed by atoms with Crippen LogP contribution in [0.2, 0.25) is 0 Å². The molecule has 2 nitrogen and oxygen atoms in total. The van der Waals surface area contributed by atoms with Gasteiger partial charge in [-0.05, 0) is 42.0 Å². The highest BCUT2D eigenvalue weighted by Crippen LogP contribution is 2.09. The summed E-state index contributed by atoms with van der Waals surface area (Å²) in [6.45, 7) is 4.34. The number of aromatic nitrogens is 2. The summed E-state index contributed by atoms with van der Waals surface area (Å²) >= 11 is 2.22. The topological polar surface area (TPSA) is 17.8 Å². The Hall–Kier alpha value is -0.0600. The number of nitrogens with zero attached hydrogens (tertiary/aromatic N) is 2. The second kappa shape index (κ2) is 3.37. The first-order valence-corrected chi connectivity index (χ1v) is 4.52. The molecule has 0 fully saturated rings. The summed E-state index contributed by atoms with van der Waals surface area (Å²) in [6, 6.07) is 2.55. The number of rotatable bonds is 2. The summed E-state index contributed by atoms with van der Waals surface area (Å²) in [5.74, 6) is 0. The van der Waals surface area contributed by atoms with Crippen LogP contribution < -0.4 is 0 Å². The van der Waals surface area contributed by atoms with Crippen LogP contribution in [-0.2, 0) is 0 Å². The van der Waals surface area contributed by atoms with Crippen LogP contribution in [-0.4, -0.2) is 9.78 Å². The van der Waals surface area contributed by atoms with E-state index in [0.29, 0.717) is 6.04 Å². The predicted molar refractivity (Wildman–Crippen MR) is 49.9 cm³/mol. The van der Waals surface area contributed by atoms with E-state index in [9.17, 15) is 0 Å². The molecule has 1 atom stereocenters. The maximum atomic E-state index is 4.28. The quantitative estimate of drug-likeness (QED) is 0.737. The van der Waals surface area contributed by atoms with Crippen molar-refractivity contribution >= 4 is 22.6 Å². The van der Waals surface area contributed by atoms with E-state index in [1.165, 1.54) is 0 Å². The van der Waals surface area contributed by atoms with Crippen molar-refractivity contribution in [2.24, 2.45) is 0 Å². The second-order valence-electron chi connectivity index (χ2n) is 2.38. The molecule has 0 aliphatic carbocycles. The Bertz CT molecular complexity index is 207. The van der Waals surface area contributed by atoms with Gasteiger partial charge in [0.25, 0.3) is 0 Å². The van der Waals surface area contributed by atoms with E-state index in [4.69, 9.17) is 0 Å². The fourth-order valence-corrected chi connectivity index (χ4v) is 1.16. The first-order valence-electron chi connectivity index (χ1n) is 3.44. The molecule has 0 bridgehead atoms. The summed E-state index contributed by atoms with van der Waals surface area (Å²) < 4.78 is 3.07. The van der Waals surface area contributed by atoms with Gasteiger partial charge in [-0.25, -0.2) is 0 Å². The lowest BCUT2D eigenvalue weighted by Crippen LogP contribution is -2.03. The van der Waals surface area contributed by atoms with Crippen LogP contribution in [0, 0.1) is 3.70 Å². The Labute approximate surface area is 74.8 Å². The third kappa shape index (κ3) is 1.71. The summed E-state index contributed by atoms with van der Waals surface area (Å²) in [6.07, 6.45) is 3.16. The van der Waals surface area contributed by atoms with Crippen LogP contribution in [0.5, 0.6) is 0 Å². The van der Waals surface area contributed by atoms with Gasteiger partial charge in [0.2, 0.25) is 0 Å². The van der Waals surface area contributed by atoms with Crippen molar-refractivity contribution in [1.29, 1.82) is 0 Å². The van der Waals surface area contributed by atoms with Gasteiger partial charge in [-0.1, -0.05) is 6.92 Å². The minimum Gasteiger partial charge on any atom is -0.269 e. The van der Waals surface area contributed by atoms with Gasteiger partial charge in [0.05, 0.1) is 0 Å². The molecule has 10 heavy (non-hydrogen) atoms. The van der Waals surface area contributed by atoms with E-state index in [0.717, 1.165) is 10.1 Å². The minimum atomic E-state index is 0.531. The monoisotopic (exact) mass is 250 g/mol. The summed E-state index contributed by atoms with van der Waals surface area (Å²) in [7, 11) is 0. The predicted octanol–water partition coefficient (Wildman–Crippen LogP) is 2.46. The second-order valence-corrected chi connectivity index (χ2v) is 3.48. The Morgan fingerprint density at radius 2 is 2.50 bits per heavy atom. The molecule has 0 spiro atoms. The van der Waals surface area contributed by atoms with Crippen molar-refractivity contribution in [2.75, 3.05) is 0 Å². The van der Waals surface area contributed by atoms with Crippen LogP contribution in [0.15, 0.2) is 12.3 Å². The summed E-state index contributed by atoms with van der Waals surface area (Å²) in [4.78, 5) is 0. The van der Waals surface area contributed by atoms with Crippen molar-refractivity contribution in [3.63, 3.8) is 0 Å². The van der Waals surface area contributed by atoms with Gasteiger partial charge in [0.1, 0.15) is 3.70 Å². The summed E-state index contributed by atoms with van der Waals surface area (Å²) in [5, 5.41) is 4.28. The van der Waals surface area contributed by atoms with E-state index in [-0.39, 0.29) is 0 Å². The van der Waals surface area contributed by atoms with E-state index in [2.05, 4.69) is 41.5 Å². The van der Waals surface area contributed by atoms with Gasteiger partial charge in [0.15, 0.2) is 0 Å². The molecule has 1 heterocycles. The van der Waals surface area contributed by atoms with E-state index >= 15 is 0 Å². The van der Waals surface area contributed by atoms with Crippen LogP contribution >= 0.6 is 22.6 Å². The molecule has 1 aromatic rings. The Morgan fingerprint density at radius 1 is 1.80 bits per heavy atom. The first kappa shape index (κ1) is 8.04. The molecule has 0 aliphatic rings. The van der Waals surface area contributed by atoms with E-state index < -0.39 is 0 Å². The lowest BCUT2D eigenvalue weighted by molar-refractivity contribution is 0.476. The smallest absolute Gasteiger partial charge is 0.123 e. The van der Waals surface area contributed by atoms with E-state index in [1.54, 1.807) is 0 Å². The molecule has 0 saturated carbocycles. The Morgan fingerprint density at radius 3 is 2.90 bits per heavy atom. The number of hydrogen-bond donors (Lipinski definition) is 0. The highest BCUT2D eigenvalue weighted by Gasteiger charge is 2.01. The molecule has 1 rings (SSSR count). The zero-order valence-corrected chi connectivity index (χ0v) is 8.37. The summed E-state index contributed by atoms with van der Waals surface area (Å²) in [5.41, 5.74) is 0. The molecule has 0 amide bonds. The molecular formula is C7H11IN2.